The van der Waals surface area contributed by atoms with Gasteiger partial charge in [-0.3, -0.25) is 4.79 Å². The maximum absolute atomic E-state index is 12.4. The highest BCUT2D eigenvalue weighted by molar-refractivity contribution is 5.86. The van der Waals surface area contributed by atoms with Gasteiger partial charge < -0.3 is 14.5 Å². The summed E-state index contributed by atoms with van der Waals surface area (Å²) >= 11 is 0. The molecule has 0 aliphatic rings. The number of likely N-dealkylation sites (N-methyl/N-ethyl adjacent to an activating group) is 2. The number of hydrogen-bond acceptors (Lipinski definition) is 3. The van der Waals surface area contributed by atoms with Crippen LogP contribution in [0.4, 0.5) is 4.79 Å². The van der Waals surface area contributed by atoms with Crippen LogP contribution in [-0.4, -0.2) is 54.6 Å². The first-order valence-corrected chi connectivity index (χ1v) is 8.82. The summed E-state index contributed by atoms with van der Waals surface area (Å²) in [5.74, 6) is -0.112. The molecular weight excluding hydrogens is 328 g/mol. The van der Waals surface area contributed by atoms with Crippen molar-refractivity contribution in [3.63, 3.8) is 0 Å². The number of fused-ring (bicyclic) bond motifs is 1. The number of nitrogens with zero attached hydrogens (tertiary/aromatic N) is 2. The Kier molecular flexibility index (Phi) is 6.24. The summed E-state index contributed by atoms with van der Waals surface area (Å²) in [4.78, 5) is 27.3. The lowest BCUT2D eigenvalue weighted by atomic mass is 10.0. The van der Waals surface area contributed by atoms with Gasteiger partial charge in [-0.15, -0.1) is 0 Å². The van der Waals surface area contributed by atoms with E-state index in [1.165, 1.54) is 21.2 Å². The quantitative estimate of drug-likeness (QED) is 0.821. The lowest BCUT2D eigenvalue weighted by Gasteiger charge is -2.26. The molecule has 2 aromatic rings. The minimum absolute atomic E-state index is 0.000943. The van der Waals surface area contributed by atoms with Gasteiger partial charge in [0, 0.05) is 20.6 Å². The third-order valence-corrected chi connectivity index (χ3v) is 4.10. The molecule has 0 unspecified atom stereocenters. The van der Waals surface area contributed by atoms with Crippen molar-refractivity contribution in [1.82, 2.24) is 9.80 Å². The van der Waals surface area contributed by atoms with Crippen LogP contribution in [0, 0.1) is 0 Å². The number of amides is 2. The lowest BCUT2D eigenvalue weighted by molar-refractivity contribution is -0.130. The number of ether oxygens (including phenoxy) is 1. The molecule has 0 aromatic heterocycles. The zero-order chi connectivity index (χ0) is 19.3. The Hall–Kier alpha value is -2.56. The zero-order valence-corrected chi connectivity index (χ0v) is 16.3. The molecule has 0 saturated heterocycles. The first-order chi connectivity index (χ1) is 12.2. The van der Waals surface area contributed by atoms with E-state index >= 15 is 0 Å². The van der Waals surface area contributed by atoms with Gasteiger partial charge in [0.2, 0.25) is 5.91 Å². The van der Waals surface area contributed by atoms with Gasteiger partial charge in [0.05, 0.1) is 0 Å². The van der Waals surface area contributed by atoms with E-state index in [4.69, 9.17) is 4.74 Å². The normalized spacial score (nSPS) is 11.3. The van der Waals surface area contributed by atoms with Gasteiger partial charge in [0.15, 0.2) is 0 Å². The van der Waals surface area contributed by atoms with Gasteiger partial charge in [0.25, 0.3) is 0 Å². The van der Waals surface area contributed by atoms with Gasteiger partial charge in [0.1, 0.15) is 12.1 Å². The second-order valence-electron chi connectivity index (χ2n) is 7.54. The maximum Gasteiger partial charge on any atom is 0.410 e. The first kappa shape index (κ1) is 19.8. The van der Waals surface area contributed by atoms with Gasteiger partial charge in [-0.1, -0.05) is 42.5 Å². The molecule has 2 rings (SSSR count). The molecule has 0 bridgehead atoms. The van der Waals surface area contributed by atoms with Crippen LogP contribution in [0.25, 0.3) is 10.8 Å². The van der Waals surface area contributed by atoms with E-state index in [-0.39, 0.29) is 12.5 Å². The monoisotopic (exact) mass is 356 g/mol. The molecule has 0 heterocycles. The van der Waals surface area contributed by atoms with Crippen molar-refractivity contribution >= 4 is 22.8 Å². The standard InChI is InChI=1S/C21H28N2O3/c1-21(2,3)26-20(25)23(5)15-19(24)22(4)14-13-17-11-8-10-16-9-6-7-12-18(16)17/h6-12H,13-15H2,1-5H3. The van der Waals surface area contributed by atoms with E-state index < -0.39 is 11.7 Å². The van der Waals surface area contributed by atoms with Gasteiger partial charge in [-0.05, 0) is 43.5 Å². The van der Waals surface area contributed by atoms with E-state index in [9.17, 15) is 9.59 Å². The first-order valence-electron chi connectivity index (χ1n) is 8.82. The van der Waals surface area contributed by atoms with Crippen molar-refractivity contribution < 1.29 is 14.3 Å². The Morgan fingerprint density at radius 3 is 2.31 bits per heavy atom. The van der Waals surface area contributed by atoms with Crippen LogP contribution in [0.15, 0.2) is 42.5 Å². The average molecular weight is 356 g/mol. The highest BCUT2D eigenvalue weighted by Crippen LogP contribution is 2.19. The molecule has 26 heavy (non-hydrogen) atoms. The van der Waals surface area contributed by atoms with Gasteiger partial charge in [-0.2, -0.15) is 0 Å². The Morgan fingerprint density at radius 2 is 1.62 bits per heavy atom. The van der Waals surface area contributed by atoms with Crippen molar-refractivity contribution in [3.05, 3.63) is 48.0 Å². The average Bonchev–Trinajstić information content (AvgIpc) is 2.57. The maximum atomic E-state index is 12.4. The fourth-order valence-electron chi connectivity index (χ4n) is 2.65. The summed E-state index contributed by atoms with van der Waals surface area (Å²) in [5.41, 5.74) is 0.637. The summed E-state index contributed by atoms with van der Waals surface area (Å²) in [6.07, 6.45) is 0.271. The third-order valence-electron chi connectivity index (χ3n) is 4.10. The van der Waals surface area contributed by atoms with E-state index in [0.29, 0.717) is 6.54 Å². The van der Waals surface area contributed by atoms with Crippen molar-refractivity contribution in [2.24, 2.45) is 0 Å². The van der Waals surface area contributed by atoms with Crippen LogP contribution in [-0.2, 0) is 16.0 Å². The van der Waals surface area contributed by atoms with E-state index in [1.807, 2.05) is 18.2 Å². The van der Waals surface area contributed by atoms with Crippen molar-refractivity contribution in [2.75, 3.05) is 27.2 Å². The molecule has 0 saturated carbocycles. The van der Waals surface area contributed by atoms with Crippen LogP contribution >= 0.6 is 0 Å². The molecule has 2 aromatic carbocycles. The minimum Gasteiger partial charge on any atom is -0.444 e. The molecule has 0 N–H and O–H groups in total. The SMILES string of the molecule is CN(CCc1cccc2ccccc12)C(=O)CN(C)C(=O)OC(C)(C)C. The van der Waals surface area contributed by atoms with Crippen LogP contribution in [0.5, 0.6) is 0 Å². The number of carbonyl (C=O) groups excluding carboxylic acids is 2. The second kappa shape index (κ2) is 8.21. The number of benzene rings is 2. The zero-order valence-electron chi connectivity index (χ0n) is 16.3. The summed E-state index contributed by atoms with van der Waals surface area (Å²) in [6, 6.07) is 14.4. The number of rotatable bonds is 5. The van der Waals surface area contributed by atoms with E-state index in [2.05, 4.69) is 24.3 Å². The second-order valence-corrected chi connectivity index (χ2v) is 7.54. The smallest absolute Gasteiger partial charge is 0.410 e. The summed E-state index contributed by atoms with van der Waals surface area (Å²) in [6.45, 7) is 6.00. The van der Waals surface area contributed by atoms with Crippen LogP contribution in [0.1, 0.15) is 26.3 Å². The molecule has 0 radical (unpaired) electrons. The van der Waals surface area contributed by atoms with Crippen molar-refractivity contribution in [2.45, 2.75) is 32.8 Å². The fourth-order valence-corrected chi connectivity index (χ4v) is 2.65. The Bertz CT molecular complexity index is 775. The Balaban J connectivity index is 1.91. The lowest BCUT2D eigenvalue weighted by Crippen LogP contribution is -2.42. The molecule has 5 nitrogen and oxygen atoms in total. The summed E-state index contributed by atoms with van der Waals surface area (Å²) in [7, 11) is 3.33. The molecule has 140 valence electrons. The Labute approximate surface area is 155 Å². The van der Waals surface area contributed by atoms with Crippen LogP contribution < -0.4 is 0 Å². The molecule has 0 spiro atoms. The predicted molar refractivity (Wildman–Crippen MR) is 104 cm³/mol. The van der Waals surface area contributed by atoms with Crippen molar-refractivity contribution in [3.8, 4) is 0 Å². The predicted octanol–water partition coefficient (Wildman–Crippen LogP) is 3.71. The van der Waals surface area contributed by atoms with Crippen LogP contribution in [0.2, 0.25) is 0 Å². The Morgan fingerprint density at radius 1 is 0.962 bits per heavy atom. The summed E-state index contributed by atoms with van der Waals surface area (Å²) < 4.78 is 5.27. The highest BCUT2D eigenvalue weighted by atomic mass is 16.6. The molecular formula is C21H28N2O3. The number of carbonyl (C=O) groups is 2. The largest absolute Gasteiger partial charge is 0.444 e. The van der Waals surface area contributed by atoms with Gasteiger partial charge >= 0.3 is 6.09 Å². The van der Waals surface area contributed by atoms with Crippen LogP contribution in [0.3, 0.4) is 0 Å². The molecule has 0 aliphatic carbocycles. The fraction of sp³-hybridized carbons (Fsp3) is 0.429. The van der Waals surface area contributed by atoms with E-state index in [0.717, 1.165) is 6.42 Å². The molecule has 0 aliphatic heterocycles. The van der Waals surface area contributed by atoms with E-state index in [1.54, 1.807) is 39.8 Å². The number of hydrogen-bond donors (Lipinski definition) is 0. The highest BCUT2D eigenvalue weighted by Gasteiger charge is 2.22. The molecule has 2 amide bonds. The summed E-state index contributed by atoms with van der Waals surface area (Å²) in [5, 5.41) is 2.41. The molecule has 5 heteroatoms. The third kappa shape index (κ3) is 5.48. The minimum atomic E-state index is -0.575. The topological polar surface area (TPSA) is 49.9 Å². The molecule has 0 atom stereocenters. The van der Waals surface area contributed by atoms with Crippen molar-refractivity contribution in [1.29, 1.82) is 0 Å². The van der Waals surface area contributed by atoms with Gasteiger partial charge in [-0.25, -0.2) is 4.79 Å². The molecule has 0 fully saturated rings.